The molecule has 2 aliphatic rings. The number of carboxylic acids is 1. The van der Waals surface area contributed by atoms with Gasteiger partial charge in [-0.15, -0.1) is 0 Å². The molecule has 172 valence electrons. The van der Waals surface area contributed by atoms with Gasteiger partial charge in [-0.05, 0) is 42.7 Å². The van der Waals surface area contributed by atoms with Crippen molar-refractivity contribution in [3.8, 4) is 10.6 Å². The molecular weight excluding hydrogens is 453 g/mol. The number of thiazole rings is 1. The minimum Gasteiger partial charge on any atom is -0.632 e. The van der Waals surface area contributed by atoms with Gasteiger partial charge in [0.15, 0.2) is 6.04 Å². The molecule has 6 nitrogen and oxygen atoms in total. The Morgan fingerprint density at radius 2 is 1.94 bits per heavy atom. The summed E-state index contributed by atoms with van der Waals surface area (Å²) < 4.78 is 14.2. The van der Waals surface area contributed by atoms with Gasteiger partial charge in [0, 0.05) is 16.5 Å². The molecule has 0 radical (unpaired) electrons. The smallest absolute Gasteiger partial charge is 0.363 e. The lowest BCUT2D eigenvalue weighted by Gasteiger charge is -2.54. The van der Waals surface area contributed by atoms with Crippen LogP contribution in [0.25, 0.3) is 20.9 Å². The highest BCUT2D eigenvalue weighted by molar-refractivity contribution is 7.21. The molecule has 1 N–H and O–H groups in total. The summed E-state index contributed by atoms with van der Waals surface area (Å²) in [4.78, 5) is 21.5. The SMILES string of the molecule is O=C(O)C1CC[N+]1([O-])Cc1ccc(-c2nc3ccc(C4(c5ccccc5)CC4)nc3s2)c(F)c1. The van der Waals surface area contributed by atoms with Crippen LogP contribution in [0.3, 0.4) is 0 Å². The van der Waals surface area contributed by atoms with E-state index in [4.69, 9.17) is 4.98 Å². The Morgan fingerprint density at radius 1 is 1.15 bits per heavy atom. The van der Waals surface area contributed by atoms with Crippen LogP contribution in [0.15, 0.2) is 60.7 Å². The van der Waals surface area contributed by atoms with Crippen molar-refractivity contribution >= 4 is 27.7 Å². The molecule has 2 aromatic carbocycles. The van der Waals surface area contributed by atoms with Gasteiger partial charge in [-0.2, -0.15) is 0 Å². The third kappa shape index (κ3) is 3.41. The normalized spacial score (nSPS) is 22.9. The maximum atomic E-state index is 15.0. The lowest BCUT2D eigenvalue weighted by atomic mass is 9.92. The molecule has 3 heterocycles. The monoisotopic (exact) mass is 475 g/mol. The summed E-state index contributed by atoms with van der Waals surface area (Å²) in [6.07, 6.45) is 2.46. The molecule has 4 aromatic rings. The fourth-order valence-electron chi connectivity index (χ4n) is 4.97. The van der Waals surface area contributed by atoms with Crippen molar-refractivity contribution in [3.05, 3.63) is 88.5 Å². The van der Waals surface area contributed by atoms with Crippen molar-refractivity contribution in [1.29, 1.82) is 0 Å². The lowest BCUT2D eigenvalue weighted by molar-refractivity contribution is -0.949. The molecule has 0 bridgehead atoms. The van der Waals surface area contributed by atoms with Crippen LogP contribution in [-0.4, -0.2) is 38.3 Å². The predicted molar refractivity (Wildman–Crippen MR) is 128 cm³/mol. The van der Waals surface area contributed by atoms with E-state index >= 15 is 4.39 Å². The van der Waals surface area contributed by atoms with E-state index in [-0.39, 0.29) is 18.5 Å². The van der Waals surface area contributed by atoms with Crippen LogP contribution >= 0.6 is 11.3 Å². The number of carbonyl (C=O) groups is 1. The highest BCUT2D eigenvalue weighted by Gasteiger charge is 2.47. The zero-order valence-electron chi connectivity index (χ0n) is 18.3. The minimum absolute atomic E-state index is 0.0472. The van der Waals surface area contributed by atoms with Crippen molar-refractivity contribution in [3.63, 3.8) is 0 Å². The largest absolute Gasteiger partial charge is 0.632 e. The Labute approximate surface area is 199 Å². The summed E-state index contributed by atoms with van der Waals surface area (Å²) in [5.74, 6) is -1.57. The number of hydroxylamine groups is 3. The minimum atomic E-state index is -1.10. The van der Waals surface area contributed by atoms with E-state index < -0.39 is 22.5 Å². The Balaban J connectivity index is 1.29. The molecule has 1 saturated carbocycles. The van der Waals surface area contributed by atoms with Crippen LogP contribution in [0.2, 0.25) is 0 Å². The molecule has 2 fully saturated rings. The van der Waals surface area contributed by atoms with Crippen LogP contribution in [0.5, 0.6) is 0 Å². The fourth-order valence-corrected chi connectivity index (χ4v) is 5.94. The highest BCUT2D eigenvalue weighted by Crippen LogP contribution is 2.53. The number of rotatable bonds is 6. The Morgan fingerprint density at radius 3 is 2.59 bits per heavy atom. The van der Waals surface area contributed by atoms with Crippen molar-refractivity contribution in [2.45, 2.75) is 37.3 Å². The Kier molecular flexibility index (Phi) is 4.81. The van der Waals surface area contributed by atoms with E-state index in [1.54, 1.807) is 12.1 Å². The van der Waals surface area contributed by atoms with Crippen LogP contribution in [-0.2, 0) is 16.8 Å². The van der Waals surface area contributed by atoms with E-state index in [1.165, 1.54) is 23.0 Å². The summed E-state index contributed by atoms with van der Waals surface area (Å²) >= 11 is 1.35. The van der Waals surface area contributed by atoms with Gasteiger partial charge < -0.3 is 15.0 Å². The third-order valence-electron chi connectivity index (χ3n) is 7.17. The average molecular weight is 476 g/mol. The number of carboxylic acid groups (broad SMARTS) is 1. The molecule has 0 spiro atoms. The predicted octanol–water partition coefficient (Wildman–Crippen LogP) is 5.25. The third-order valence-corrected chi connectivity index (χ3v) is 8.17. The molecular formula is C26H22FN3O3S. The fraction of sp³-hybridized carbons (Fsp3) is 0.269. The van der Waals surface area contributed by atoms with Gasteiger partial charge in [-0.3, -0.25) is 0 Å². The maximum Gasteiger partial charge on any atom is 0.363 e. The van der Waals surface area contributed by atoms with Crippen LogP contribution < -0.4 is 0 Å². The second-order valence-electron chi connectivity index (χ2n) is 9.28. The first-order valence-electron chi connectivity index (χ1n) is 11.3. The number of likely N-dealkylation sites (tertiary alicyclic amines) is 1. The van der Waals surface area contributed by atoms with E-state index in [2.05, 4.69) is 17.1 Å². The Bertz CT molecular complexity index is 1420. The number of nitrogens with zero attached hydrogens (tertiary/aromatic N) is 3. The molecule has 2 unspecified atom stereocenters. The summed E-state index contributed by atoms with van der Waals surface area (Å²) in [5.41, 5.74) is 3.80. The first-order valence-corrected chi connectivity index (χ1v) is 12.1. The van der Waals surface area contributed by atoms with E-state index in [1.807, 2.05) is 30.3 Å². The summed E-state index contributed by atoms with van der Waals surface area (Å²) in [6.45, 7) is 0.178. The van der Waals surface area contributed by atoms with Crippen molar-refractivity contribution < 1.29 is 18.9 Å². The molecule has 8 heteroatoms. The molecule has 1 aliphatic carbocycles. The molecule has 2 atom stereocenters. The summed E-state index contributed by atoms with van der Waals surface area (Å²) in [5, 5.41) is 22.5. The van der Waals surface area contributed by atoms with Gasteiger partial charge in [-0.25, -0.2) is 19.2 Å². The molecule has 1 saturated heterocycles. The van der Waals surface area contributed by atoms with Crippen LogP contribution in [0, 0.1) is 11.0 Å². The maximum absolute atomic E-state index is 15.0. The number of pyridine rings is 1. The zero-order valence-corrected chi connectivity index (χ0v) is 19.1. The molecule has 0 amide bonds. The number of aromatic nitrogens is 2. The zero-order chi connectivity index (χ0) is 23.5. The van der Waals surface area contributed by atoms with E-state index in [0.29, 0.717) is 22.6 Å². The molecule has 34 heavy (non-hydrogen) atoms. The summed E-state index contributed by atoms with van der Waals surface area (Å²) in [7, 11) is 0. The topological polar surface area (TPSA) is 86.1 Å². The number of halogens is 1. The number of hydrogen-bond acceptors (Lipinski definition) is 5. The second-order valence-corrected chi connectivity index (χ2v) is 10.3. The van der Waals surface area contributed by atoms with Crippen LogP contribution in [0.4, 0.5) is 4.39 Å². The van der Waals surface area contributed by atoms with Gasteiger partial charge in [0.05, 0.1) is 18.7 Å². The Hall–Kier alpha value is -3.20. The highest BCUT2D eigenvalue weighted by atomic mass is 32.1. The second kappa shape index (κ2) is 7.66. The molecule has 6 rings (SSSR count). The van der Waals surface area contributed by atoms with Crippen LogP contribution in [0.1, 0.15) is 36.1 Å². The van der Waals surface area contributed by atoms with E-state index in [0.717, 1.165) is 28.9 Å². The van der Waals surface area contributed by atoms with Crippen molar-refractivity contribution in [2.75, 3.05) is 6.54 Å². The lowest BCUT2D eigenvalue weighted by Crippen LogP contribution is -2.63. The van der Waals surface area contributed by atoms with Gasteiger partial charge in [-0.1, -0.05) is 47.7 Å². The van der Waals surface area contributed by atoms with Gasteiger partial charge >= 0.3 is 5.97 Å². The number of aliphatic carboxylic acids is 1. The van der Waals surface area contributed by atoms with Crippen molar-refractivity contribution in [1.82, 2.24) is 9.97 Å². The molecule has 2 aromatic heterocycles. The number of quaternary nitrogens is 1. The first-order chi connectivity index (χ1) is 16.4. The quantitative estimate of drug-likeness (QED) is 0.304. The standard InChI is InChI=1S/C26H22FN3O3S/c27-19-14-16(15-30(33)13-10-21(30)25(31)32)6-7-18(19)23-28-20-8-9-22(29-24(20)34-23)26(11-12-26)17-4-2-1-3-5-17/h1-9,14,21H,10-13,15H2,(H,31,32). The van der Waals surface area contributed by atoms with Crippen molar-refractivity contribution in [2.24, 2.45) is 0 Å². The number of hydrogen-bond donors (Lipinski definition) is 1. The number of fused-ring (bicyclic) bond motifs is 1. The summed E-state index contributed by atoms with van der Waals surface area (Å²) in [6, 6.07) is 18.0. The average Bonchev–Trinajstić information content (AvgIpc) is 3.51. The number of benzene rings is 2. The van der Waals surface area contributed by atoms with Gasteiger partial charge in [0.2, 0.25) is 0 Å². The van der Waals surface area contributed by atoms with E-state index in [9.17, 15) is 15.1 Å². The molecule has 1 aliphatic heterocycles. The van der Waals surface area contributed by atoms with Gasteiger partial charge in [0.1, 0.15) is 27.7 Å². The first kappa shape index (κ1) is 21.3. The van der Waals surface area contributed by atoms with Gasteiger partial charge in [0.25, 0.3) is 0 Å².